The van der Waals surface area contributed by atoms with Crippen LogP contribution in [0, 0.1) is 5.92 Å². The Labute approximate surface area is 195 Å². The van der Waals surface area contributed by atoms with Crippen LogP contribution in [-0.2, 0) is 20.7 Å². The highest BCUT2D eigenvalue weighted by atomic mass is 16.6. The van der Waals surface area contributed by atoms with E-state index in [0.717, 1.165) is 55.6 Å². The van der Waals surface area contributed by atoms with Gasteiger partial charge >= 0.3 is 12.2 Å². The quantitative estimate of drug-likeness (QED) is 0.672. The van der Waals surface area contributed by atoms with Gasteiger partial charge in [-0.3, -0.25) is 9.69 Å². The third-order valence-corrected chi connectivity index (χ3v) is 6.58. The summed E-state index contributed by atoms with van der Waals surface area (Å²) in [7, 11) is 0. The van der Waals surface area contributed by atoms with E-state index in [1.54, 1.807) is 9.80 Å². The zero-order chi connectivity index (χ0) is 23.6. The first-order chi connectivity index (χ1) is 15.7. The van der Waals surface area contributed by atoms with E-state index in [9.17, 15) is 14.4 Å². The van der Waals surface area contributed by atoms with Gasteiger partial charge in [0, 0.05) is 38.3 Å². The van der Waals surface area contributed by atoms with Crippen LogP contribution in [0.25, 0.3) is 0 Å². The van der Waals surface area contributed by atoms with Crippen molar-refractivity contribution in [3.8, 4) is 0 Å². The maximum Gasteiger partial charge on any atom is 0.414 e. The second-order valence-electron chi connectivity index (χ2n) is 10.2. The van der Waals surface area contributed by atoms with Crippen molar-refractivity contribution in [1.82, 2.24) is 4.90 Å². The SMILES string of the molecule is CC(C)(C)OC(=O)N1CCC(CCOC(=O)N2CCc3cc(N4CCCC4=O)ccc32)CC1. The number of benzene rings is 1. The molecule has 33 heavy (non-hydrogen) atoms. The monoisotopic (exact) mass is 457 g/mol. The van der Waals surface area contributed by atoms with E-state index in [1.807, 2.05) is 43.9 Å². The van der Waals surface area contributed by atoms with Gasteiger partial charge in [-0.2, -0.15) is 0 Å². The lowest BCUT2D eigenvalue weighted by atomic mass is 9.94. The van der Waals surface area contributed by atoms with Crippen molar-refractivity contribution in [3.05, 3.63) is 23.8 Å². The van der Waals surface area contributed by atoms with Gasteiger partial charge in [0.15, 0.2) is 0 Å². The van der Waals surface area contributed by atoms with Crippen molar-refractivity contribution in [2.75, 3.05) is 42.6 Å². The molecule has 0 saturated carbocycles. The van der Waals surface area contributed by atoms with Crippen molar-refractivity contribution < 1.29 is 23.9 Å². The van der Waals surface area contributed by atoms with Crippen LogP contribution in [0.1, 0.15) is 58.4 Å². The van der Waals surface area contributed by atoms with Gasteiger partial charge in [0.05, 0.1) is 12.3 Å². The van der Waals surface area contributed by atoms with Gasteiger partial charge in [-0.25, -0.2) is 9.59 Å². The fourth-order valence-corrected chi connectivity index (χ4v) is 4.79. The number of carbonyl (C=O) groups excluding carboxylic acids is 3. The number of hydrogen-bond acceptors (Lipinski definition) is 5. The Morgan fingerprint density at radius 3 is 2.45 bits per heavy atom. The number of ether oxygens (including phenoxy) is 2. The predicted octanol–water partition coefficient (Wildman–Crippen LogP) is 4.35. The normalized spacial score (nSPS) is 19.1. The molecular weight excluding hydrogens is 422 g/mol. The first-order valence-corrected chi connectivity index (χ1v) is 12.1. The highest BCUT2D eigenvalue weighted by Gasteiger charge is 2.30. The molecule has 0 bridgehead atoms. The molecule has 4 rings (SSSR count). The topological polar surface area (TPSA) is 79.4 Å². The fourth-order valence-electron chi connectivity index (χ4n) is 4.79. The molecule has 0 unspecified atom stereocenters. The van der Waals surface area contributed by atoms with Gasteiger partial charge in [0.25, 0.3) is 0 Å². The van der Waals surface area contributed by atoms with Gasteiger partial charge < -0.3 is 19.3 Å². The van der Waals surface area contributed by atoms with Crippen molar-refractivity contribution >= 4 is 29.5 Å². The van der Waals surface area contributed by atoms with Crippen molar-refractivity contribution in [1.29, 1.82) is 0 Å². The van der Waals surface area contributed by atoms with Gasteiger partial charge in [-0.15, -0.1) is 0 Å². The lowest BCUT2D eigenvalue weighted by Crippen LogP contribution is -2.42. The van der Waals surface area contributed by atoms with E-state index in [0.29, 0.717) is 38.6 Å². The molecule has 0 radical (unpaired) electrons. The van der Waals surface area contributed by atoms with Gasteiger partial charge in [-0.05, 0) is 82.6 Å². The van der Waals surface area contributed by atoms with E-state index in [2.05, 4.69) is 0 Å². The molecule has 3 aliphatic rings. The molecule has 2 saturated heterocycles. The molecule has 2 fully saturated rings. The van der Waals surface area contributed by atoms with E-state index in [1.165, 1.54) is 0 Å². The van der Waals surface area contributed by atoms with Crippen LogP contribution in [0.15, 0.2) is 18.2 Å². The van der Waals surface area contributed by atoms with E-state index in [-0.39, 0.29) is 18.1 Å². The number of amides is 3. The Morgan fingerprint density at radius 2 is 1.79 bits per heavy atom. The summed E-state index contributed by atoms with van der Waals surface area (Å²) in [6, 6.07) is 5.88. The van der Waals surface area contributed by atoms with Gasteiger partial charge in [0.1, 0.15) is 5.60 Å². The molecule has 0 spiro atoms. The average molecular weight is 458 g/mol. The van der Waals surface area contributed by atoms with Crippen LogP contribution in [0.4, 0.5) is 21.0 Å². The third kappa shape index (κ3) is 5.60. The zero-order valence-electron chi connectivity index (χ0n) is 20.0. The summed E-state index contributed by atoms with van der Waals surface area (Å²) in [5, 5.41) is 0. The molecule has 180 valence electrons. The molecule has 8 heteroatoms. The number of anilines is 2. The molecule has 0 atom stereocenters. The highest BCUT2D eigenvalue weighted by molar-refractivity contribution is 5.96. The van der Waals surface area contributed by atoms with E-state index in [4.69, 9.17) is 9.47 Å². The molecule has 0 aliphatic carbocycles. The maximum atomic E-state index is 12.7. The van der Waals surface area contributed by atoms with Crippen LogP contribution in [0.3, 0.4) is 0 Å². The minimum Gasteiger partial charge on any atom is -0.449 e. The van der Waals surface area contributed by atoms with Gasteiger partial charge in [-0.1, -0.05) is 0 Å². The first kappa shape index (κ1) is 23.4. The summed E-state index contributed by atoms with van der Waals surface area (Å²) in [4.78, 5) is 42.2. The highest BCUT2D eigenvalue weighted by Crippen LogP contribution is 2.33. The third-order valence-electron chi connectivity index (χ3n) is 6.58. The summed E-state index contributed by atoms with van der Waals surface area (Å²) in [5.74, 6) is 0.601. The number of piperidine rings is 1. The number of hydrogen-bond donors (Lipinski definition) is 0. The van der Waals surface area contributed by atoms with Crippen molar-refractivity contribution in [3.63, 3.8) is 0 Å². The molecule has 0 N–H and O–H groups in total. The number of likely N-dealkylation sites (tertiary alicyclic amines) is 1. The van der Waals surface area contributed by atoms with Crippen LogP contribution < -0.4 is 9.80 Å². The zero-order valence-corrected chi connectivity index (χ0v) is 20.0. The first-order valence-electron chi connectivity index (χ1n) is 12.1. The van der Waals surface area contributed by atoms with Crippen molar-refractivity contribution in [2.24, 2.45) is 5.92 Å². The minimum atomic E-state index is -0.483. The molecule has 3 heterocycles. The molecule has 0 aromatic heterocycles. The molecule has 8 nitrogen and oxygen atoms in total. The van der Waals surface area contributed by atoms with Crippen LogP contribution in [-0.4, -0.2) is 61.4 Å². The Balaban J connectivity index is 1.22. The number of fused-ring (bicyclic) bond motifs is 1. The van der Waals surface area contributed by atoms with Crippen LogP contribution in [0.2, 0.25) is 0 Å². The summed E-state index contributed by atoms with van der Waals surface area (Å²) in [6.45, 7) is 8.71. The Morgan fingerprint density at radius 1 is 1.03 bits per heavy atom. The molecule has 1 aromatic rings. The largest absolute Gasteiger partial charge is 0.449 e. The maximum absolute atomic E-state index is 12.7. The smallest absolute Gasteiger partial charge is 0.414 e. The lowest BCUT2D eigenvalue weighted by molar-refractivity contribution is -0.117. The molecule has 3 aliphatic heterocycles. The molecule has 1 aromatic carbocycles. The molecular formula is C25H35N3O5. The summed E-state index contributed by atoms with van der Waals surface area (Å²) >= 11 is 0. The Bertz CT molecular complexity index is 902. The number of rotatable bonds is 4. The summed E-state index contributed by atoms with van der Waals surface area (Å²) in [6.07, 6.45) is 4.28. The average Bonchev–Trinajstić information content (AvgIpc) is 3.38. The minimum absolute atomic E-state index is 0.168. The standard InChI is InChI=1S/C25H35N3O5/c1-25(2,3)33-23(30)26-13-8-18(9-14-26)11-16-32-24(31)28-15-10-19-17-20(6-7-21(19)28)27-12-4-5-22(27)29/h6-7,17-18H,4-5,8-16H2,1-3H3. The number of nitrogens with zero attached hydrogens (tertiary/aromatic N) is 3. The lowest BCUT2D eigenvalue weighted by Gasteiger charge is -2.33. The van der Waals surface area contributed by atoms with E-state index >= 15 is 0 Å². The number of carbonyl (C=O) groups is 3. The second kappa shape index (κ2) is 9.61. The van der Waals surface area contributed by atoms with Gasteiger partial charge in [0.2, 0.25) is 5.91 Å². The Hall–Kier alpha value is -2.77. The van der Waals surface area contributed by atoms with Crippen molar-refractivity contribution in [2.45, 2.75) is 64.9 Å². The second-order valence-corrected chi connectivity index (χ2v) is 10.2. The van der Waals surface area contributed by atoms with Crippen LogP contribution >= 0.6 is 0 Å². The Kier molecular flexibility index (Phi) is 6.81. The fraction of sp³-hybridized carbons (Fsp3) is 0.640. The van der Waals surface area contributed by atoms with E-state index < -0.39 is 5.60 Å². The summed E-state index contributed by atoms with van der Waals surface area (Å²) in [5.41, 5.74) is 2.40. The molecule has 3 amide bonds. The van der Waals surface area contributed by atoms with Crippen LogP contribution in [0.5, 0.6) is 0 Å². The summed E-state index contributed by atoms with van der Waals surface area (Å²) < 4.78 is 11.0. The predicted molar refractivity (Wildman–Crippen MR) is 126 cm³/mol.